The lowest BCUT2D eigenvalue weighted by molar-refractivity contribution is -0.121. The second-order valence-electron chi connectivity index (χ2n) is 5.96. The molecule has 0 spiro atoms. The van der Waals surface area contributed by atoms with Crippen LogP contribution < -0.4 is 10.1 Å². The number of furan rings is 1. The van der Waals surface area contributed by atoms with Gasteiger partial charge in [0.25, 0.3) is 5.91 Å². The lowest BCUT2D eigenvalue weighted by Gasteiger charge is -2.15. The number of hydrogen-bond acceptors (Lipinski definition) is 4. The van der Waals surface area contributed by atoms with Crippen LogP contribution in [-0.4, -0.2) is 37.4 Å². The molecule has 0 saturated carbocycles. The molecule has 0 atom stereocenters. The van der Waals surface area contributed by atoms with Crippen LogP contribution in [0.15, 0.2) is 59.2 Å². The Morgan fingerprint density at radius 1 is 1.12 bits per heavy atom. The topological polar surface area (TPSA) is 71.8 Å². The summed E-state index contributed by atoms with van der Waals surface area (Å²) in [6, 6.07) is 15.0. The minimum absolute atomic E-state index is 0.0374. The lowest BCUT2D eigenvalue weighted by Crippen LogP contribution is -2.38. The van der Waals surface area contributed by atoms with Gasteiger partial charge in [0, 0.05) is 13.6 Å². The average Bonchev–Trinajstić information content (AvgIpc) is 3.19. The van der Waals surface area contributed by atoms with E-state index in [9.17, 15) is 9.59 Å². The zero-order chi connectivity index (χ0) is 18.5. The van der Waals surface area contributed by atoms with Crippen molar-refractivity contribution in [3.8, 4) is 5.75 Å². The number of likely N-dealkylation sites (N-methyl/N-ethyl adjacent to an activating group) is 1. The minimum atomic E-state index is -0.329. The van der Waals surface area contributed by atoms with Crippen LogP contribution in [-0.2, 0) is 11.3 Å². The molecule has 26 heavy (non-hydrogen) atoms. The predicted octanol–water partition coefficient (Wildman–Crippen LogP) is 2.83. The number of benzene rings is 2. The zero-order valence-corrected chi connectivity index (χ0v) is 14.7. The Kier molecular flexibility index (Phi) is 5.22. The van der Waals surface area contributed by atoms with Crippen molar-refractivity contribution in [1.82, 2.24) is 10.2 Å². The Hall–Kier alpha value is -3.28. The quantitative estimate of drug-likeness (QED) is 0.740. The fraction of sp³-hybridized carbons (Fsp3) is 0.200. The molecule has 0 aliphatic rings. The summed E-state index contributed by atoms with van der Waals surface area (Å²) in [5.74, 6) is 0.458. The van der Waals surface area contributed by atoms with Gasteiger partial charge in [-0.3, -0.25) is 9.59 Å². The van der Waals surface area contributed by atoms with E-state index >= 15 is 0 Å². The van der Waals surface area contributed by atoms with Gasteiger partial charge < -0.3 is 19.4 Å². The first-order valence-corrected chi connectivity index (χ1v) is 8.19. The summed E-state index contributed by atoms with van der Waals surface area (Å²) < 4.78 is 10.3. The van der Waals surface area contributed by atoms with Gasteiger partial charge in [-0.05, 0) is 46.7 Å². The normalized spacial score (nSPS) is 10.5. The fourth-order valence-electron chi connectivity index (χ4n) is 2.64. The van der Waals surface area contributed by atoms with Crippen molar-refractivity contribution in [3.63, 3.8) is 0 Å². The summed E-state index contributed by atoms with van der Waals surface area (Å²) in [6.45, 7) is 0.355. The van der Waals surface area contributed by atoms with Gasteiger partial charge in [0.15, 0.2) is 5.76 Å². The Morgan fingerprint density at radius 2 is 1.88 bits per heavy atom. The van der Waals surface area contributed by atoms with Crippen molar-refractivity contribution in [2.45, 2.75) is 6.54 Å². The average molecular weight is 352 g/mol. The number of rotatable bonds is 6. The zero-order valence-electron chi connectivity index (χ0n) is 14.7. The fourth-order valence-corrected chi connectivity index (χ4v) is 2.64. The third kappa shape index (κ3) is 4.03. The number of carbonyl (C=O) groups excluding carboxylic acids is 2. The molecule has 134 valence electrons. The summed E-state index contributed by atoms with van der Waals surface area (Å²) in [7, 11) is 3.20. The minimum Gasteiger partial charge on any atom is -0.497 e. The van der Waals surface area contributed by atoms with Gasteiger partial charge in [0.1, 0.15) is 5.75 Å². The smallest absolute Gasteiger partial charge is 0.289 e. The van der Waals surface area contributed by atoms with Gasteiger partial charge in [-0.1, -0.05) is 18.2 Å². The number of fused-ring (bicyclic) bond motifs is 1. The van der Waals surface area contributed by atoms with E-state index in [1.165, 1.54) is 11.2 Å². The Balaban J connectivity index is 1.57. The van der Waals surface area contributed by atoms with Crippen molar-refractivity contribution in [2.24, 2.45) is 0 Å². The van der Waals surface area contributed by atoms with Gasteiger partial charge in [-0.15, -0.1) is 0 Å². The van der Waals surface area contributed by atoms with Crippen molar-refractivity contribution in [1.29, 1.82) is 0 Å². The summed E-state index contributed by atoms with van der Waals surface area (Å²) in [4.78, 5) is 25.5. The molecular weight excluding hydrogens is 332 g/mol. The van der Waals surface area contributed by atoms with Crippen LogP contribution in [0.25, 0.3) is 10.8 Å². The summed E-state index contributed by atoms with van der Waals surface area (Å²) in [5.41, 5.74) is 0.982. The monoisotopic (exact) mass is 352 g/mol. The molecule has 6 heteroatoms. The van der Waals surface area contributed by atoms with Gasteiger partial charge >= 0.3 is 0 Å². The Bertz CT molecular complexity index is 919. The second kappa shape index (κ2) is 7.74. The first-order valence-electron chi connectivity index (χ1n) is 8.19. The maximum absolute atomic E-state index is 12.1. The number of nitrogens with one attached hydrogen (secondary N) is 1. The molecule has 0 fully saturated rings. The Morgan fingerprint density at radius 3 is 2.62 bits per heavy atom. The van der Waals surface area contributed by atoms with Crippen LogP contribution in [0.1, 0.15) is 16.1 Å². The van der Waals surface area contributed by atoms with Crippen LogP contribution in [0.4, 0.5) is 0 Å². The molecule has 0 aliphatic carbocycles. The van der Waals surface area contributed by atoms with Crippen molar-refractivity contribution in [3.05, 3.63) is 66.1 Å². The number of amides is 2. The molecule has 1 heterocycles. The van der Waals surface area contributed by atoms with Crippen LogP contribution in [0.2, 0.25) is 0 Å². The van der Waals surface area contributed by atoms with E-state index < -0.39 is 0 Å². The maximum Gasteiger partial charge on any atom is 0.289 e. The molecule has 2 amide bonds. The van der Waals surface area contributed by atoms with Gasteiger partial charge in [-0.2, -0.15) is 0 Å². The van der Waals surface area contributed by atoms with E-state index in [-0.39, 0.29) is 24.1 Å². The van der Waals surface area contributed by atoms with Gasteiger partial charge in [0.05, 0.1) is 19.9 Å². The summed E-state index contributed by atoms with van der Waals surface area (Å²) in [6.07, 6.45) is 1.43. The third-order valence-electron chi connectivity index (χ3n) is 4.06. The Labute approximate surface area is 151 Å². The molecule has 3 aromatic rings. The number of carbonyl (C=O) groups is 2. The van der Waals surface area contributed by atoms with Crippen molar-refractivity contribution in [2.75, 3.05) is 20.7 Å². The van der Waals surface area contributed by atoms with E-state index in [0.717, 1.165) is 22.1 Å². The van der Waals surface area contributed by atoms with E-state index in [2.05, 4.69) is 5.32 Å². The van der Waals surface area contributed by atoms with Gasteiger partial charge in [-0.25, -0.2) is 0 Å². The molecule has 0 radical (unpaired) electrons. The van der Waals surface area contributed by atoms with E-state index in [1.807, 2.05) is 36.4 Å². The third-order valence-corrected chi connectivity index (χ3v) is 4.06. The first-order chi connectivity index (χ1) is 12.6. The molecule has 6 nitrogen and oxygen atoms in total. The SMILES string of the molecule is COc1ccc2cc(CNC(=O)CN(C)C(=O)c3ccco3)ccc2c1. The molecule has 1 aromatic heterocycles. The predicted molar refractivity (Wildman–Crippen MR) is 98.0 cm³/mol. The maximum atomic E-state index is 12.1. The molecular formula is C20H20N2O4. The highest BCUT2D eigenvalue weighted by Crippen LogP contribution is 2.21. The van der Waals surface area contributed by atoms with E-state index in [0.29, 0.717) is 6.54 Å². The number of nitrogens with zero attached hydrogens (tertiary/aromatic N) is 1. The number of hydrogen-bond donors (Lipinski definition) is 1. The van der Waals surface area contributed by atoms with Crippen LogP contribution in [0.5, 0.6) is 5.75 Å². The molecule has 2 aromatic carbocycles. The highest BCUT2D eigenvalue weighted by molar-refractivity contribution is 5.94. The molecule has 3 rings (SSSR count). The molecule has 1 N–H and O–H groups in total. The van der Waals surface area contributed by atoms with Crippen molar-refractivity contribution >= 4 is 22.6 Å². The lowest BCUT2D eigenvalue weighted by atomic mass is 10.1. The summed E-state index contributed by atoms with van der Waals surface area (Å²) >= 11 is 0. The van der Waals surface area contributed by atoms with Crippen LogP contribution >= 0.6 is 0 Å². The van der Waals surface area contributed by atoms with Gasteiger partial charge in [0.2, 0.25) is 5.91 Å². The molecule has 0 bridgehead atoms. The van der Waals surface area contributed by atoms with Crippen LogP contribution in [0.3, 0.4) is 0 Å². The molecule has 0 unspecified atom stereocenters. The number of ether oxygens (including phenoxy) is 1. The highest BCUT2D eigenvalue weighted by atomic mass is 16.5. The molecule has 0 saturated heterocycles. The van der Waals surface area contributed by atoms with Crippen molar-refractivity contribution < 1.29 is 18.7 Å². The largest absolute Gasteiger partial charge is 0.497 e. The molecule has 0 aliphatic heterocycles. The van der Waals surface area contributed by atoms with E-state index in [1.54, 1.807) is 26.3 Å². The summed E-state index contributed by atoms with van der Waals surface area (Å²) in [5, 5.41) is 4.97. The highest BCUT2D eigenvalue weighted by Gasteiger charge is 2.16. The second-order valence-corrected chi connectivity index (χ2v) is 5.96. The van der Waals surface area contributed by atoms with Crippen LogP contribution in [0, 0.1) is 0 Å². The standard InChI is InChI=1S/C20H20N2O4/c1-22(20(24)18-4-3-9-26-18)13-19(23)21-12-14-5-6-16-11-17(25-2)8-7-15(16)10-14/h3-11H,12-13H2,1-2H3,(H,21,23). The number of methoxy groups -OCH3 is 1. The van der Waals surface area contributed by atoms with E-state index in [4.69, 9.17) is 9.15 Å². The first kappa shape index (κ1) is 17.5.